The zero-order chi connectivity index (χ0) is 17.7. The number of benzene rings is 1. The molecule has 0 radical (unpaired) electrons. The van der Waals surface area contributed by atoms with Crippen LogP contribution in [0.25, 0.3) is 22.1 Å². The number of H-pyrrole nitrogens is 1. The first-order chi connectivity index (χ1) is 12.7. The van der Waals surface area contributed by atoms with Gasteiger partial charge in [0.2, 0.25) is 0 Å². The third-order valence-electron chi connectivity index (χ3n) is 4.21. The van der Waals surface area contributed by atoms with E-state index in [1.54, 1.807) is 12.3 Å². The average Bonchev–Trinajstić information content (AvgIpc) is 3.19. The van der Waals surface area contributed by atoms with Crippen LogP contribution < -0.4 is 11.1 Å². The van der Waals surface area contributed by atoms with Gasteiger partial charge in [0.15, 0.2) is 5.58 Å². The molecule has 0 bridgehead atoms. The highest BCUT2D eigenvalue weighted by molar-refractivity contribution is 5.91. The molecular weight excluding hydrogens is 335 g/mol. The van der Waals surface area contributed by atoms with E-state index in [-0.39, 0.29) is 5.56 Å². The number of halogens is 1. The van der Waals surface area contributed by atoms with Crippen LogP contribution in [0.5, 0.6) is 0 Å². The number of nitrogens with two attached hydrogens (primary N) is 1. The van der Waals surface area contributed by atoms with E-state index in [9.17, 15) is 4.39 Å². The zero-order valence-corrected chi connectivity index (χ0v) is 13.5. The maximum atomic E-state index is 14.4. The van der Waals surface area contributed by atoms with Crippen molar-refractivity contribution in [2.75, 3.05) is 11.1 Å². The number of hydrogen-bond donors (Lipinski definition) is 3. The number of aromatic nitrogens is 4. The van der Waals surface area contributed by atoms with Gasteiger partial charge < -0.3 is 20.5 Å². The highest BCUT2D eigenvalue weighted by Gasteiger charge is 2.23. The predicted octanol–water partition coefficient (Wildman–Crippen LogP) is 2.79. The van der Waals surface area contributed by atoms with Crippen molar-refractivity contribution in [1.82, 2.24) is 19.9 Å². The van der Waals surface area contributed by atoms with Crippen molar-refractivity contribution < 1.29 is 8.81 Å². The van der Waals surface area contributed by atoms with Gasteiger partial charge in [-0.3, -0.25) is 0 Å². The summed E-state index contributed by atoms with van der Waals surface area (Å²) >= 11 is 0. The molecule has 3 aromatic heterocycles. The number of fused-ring (bicyclic) bond motifs is 2. The fourth-order valence-electron chi connectivity index (χ4n) is 2.73. The maximum absolute atomic E-state index is 14.4. The lowest BCUT2D eigenvalue weighted by Crippen LogP contribution is -2.00. The second-order valence-corrected chi connectivity index (χ2v) is 6.17. The van der Waals surface area contributed by atoms with E-state index in [4.69, 9.17) is 10.2 Å². The van der Waals surface area contributed by atoms with Gasteiger partial charge in [0.1, 0.15) is 29.1 Å². The summed E-state index contributed by atoms with van der Waals surface area (Å²) in [4.78, 5) is 15.4. The molecule has 1 aromatic carbocycles. The second-order valence-electron chi connectivity index (χ2n) is 6.17. The molecule has 1 aliphatic carbocycles. The van der Waals surface area contributed by atoms with E-state index >= 15 is 0 Å². The Hall–Kier alpha value is -3.60. The summed E-state index contributed by atoms with van der Waals surface area (Å²) in [5, 5.41) is 3.78. The number of oxazole rings is 1. The van der Waals surface area contributed by atoms with Gasteiger partial charge >= 0.3 is 0 Å². The molecule has 1 fully saturated rings. The average molecular weight is 348 g/mol. The number of hydrogen-bond acceptors (Lipinski definition) is 6. The van der Waals surface area contributed by atoms with E-state index in [0.717, 1.165) is 12.8 Å². The Morgan fingerprint density at radius 2 is 2.08 bits per heavy atom. The van der Waals surface area contributed by atoms with Crippen LogP contribution in [0.1, 0.15) is 24.0 Å². The minimum absolute atomic E-state index is 0.230. The van der Waals surface area contributed by atoms with Crippen molar-refractivity contribution in [1.29, 1.82) is 0 Å². The quantitative estimate of drug-likeness (QED) is 0.481. The molecule has 3 heterocycles. The predicted molar refractivity (Wildman–Crippen MR) is 94.9 cm³/mol. The van der Waals surface area contributed by atoms with Crippen molar-refractivity contribution >= 4 is 34.0 Å². The third kappa shape index (κ3) is 2.50. The Morgan fingerprint density at radius 1 is 1.23 bits per heavy atom. The molecule has 8 heteroatoms. The Balaban J connectivity index is 1.54. The summed E-state index contributed by atoms with van der Waals surface area (Å²) in [7, 11) is 0. The van der Waals surface area contributed by atoms with E-state index in [1.807, 2.05) is 0 Å². The molecular formula is C18H13FN6O. The fraction of sp³-hybridized carbons (Fsp3) is 0.167. The standard InChI is InChI=1S/C18H13FN6O/c19-12-6-14-13(25-18(26-14)24-11-3-4-11)5-9(12)1-2-10-7-21-17-15(10)16(20)22-8-23-17/h5-8,11H,3-4H2,(H,24,25)(H3,20,21,22,23). The van der Waals surface area contributed by atoms with Crippen molar-refractivity contribution in [2.45, 2.75) is 18.9 Å². The van der Waals surface area contributed by atoms with Gasteiger partial charge in [-0.1, -0.05) is 11.8 Å². The van der Waals surface area contributed by atoms with Crippen molar-refractivity contribution in [3.63, 3.8) is 0 Å². The molecule has 0 spiro atoms. The normalized spacial score (nSPS) is 13.7. The van der Waals surface area contributed by atoms with Crippen molar-refractivity contribution in [3.8, 4) is 11.8 Å². The number of aromatic amines is 1. The summed E-state index contributed by atoms with van der Waals surface area (Å²) < 4.78 is 19.9. The van der Waals surface area contributed by atoms with Crippen LogP contribution >= 0.6 is 0 Å². The highest BCUT2D eigenvalue weighted by atomic mass is 19.1. The first kappa shape index (κ1) is 14.7. The molecule has 4 N–H and O–H groups in total. The van der Waals surface area contributed by atoms with Gasteiger partial charge in [-0.25, -0.2) is 14.4 Å². The number of nitrogens with zero attached hydrogens (tertiary/aromatic N) is 3. The topological polar surface area (TPSA) is 106 Å². The lowest BCUT2D eigenvalue weighted by molar-refractivity contribution is 0.598. The van der Waals surface area contributed by atoms with Crippen molar-refractivity contribution in [3.05, 3.63) is 41.6 Å². The van der Waals surface area contributed by atoms with Crippen LogP contribution in [0.15, 0.2) is 29.1 Å². The maximum Gasteiger partial charge on any atom is 0.295 e. The van der Waals surface area contributed by atoms with Gasteiger partial charge in [0.25, 0.3) is 6.01 Å². The van der Waals surface area contributed by atoms with E-state index in [0.29, 0.717) is 45.6 Å². The van der Waals surface area contributed by atoms with Crippen LogP contribution in [-0.4, -0.2) is 26.0 Å². The molecule has 5 rings (SSSR count). The Kier molecular flexibility index (Phi) is 3.09. The van der Waals surface area contributed by atoms with Gasteiger partial charge in [-0.2, -0.15) is 4.98 Å². The van der Waals surface area contributed by atoms with E-state index in [2.05, 4.69) is 37.1 Å². The van der Waals surface area contributed by atoms with Crippen molar-refractivity contribution in [2.24, 2.45) is 0 Å². The minimum Gasteiger partial charge on any atom is -0.423 e. The highest BCUT2D eigenvalue weighted by Crippen LogP contribution is 2.28. The number of nitrogen functional groups attached to an aromatic ring is 1. The number of rotatable bonds is 2. The van der Waals surface area contributed by atoms with Crippen LogP contribution in [0.4, 0.5) is 16.2 Å². The molecule has 26 heavy (non-hydrogen) atoms. The summed E-state index contributed by atoms with van der Waals surface area (Å²) in [5.41, 5.74) is 8.25. The molecule has 7 nitrogen and oxygen atoms in total. The third-order valence-corrected chi connectivity index (χ3v) is 4.21. The largest absolute Gasteiger partial charge is 0.423 e. The van der Waals surface area contributed by atoms with Crippen LogP contribution in [0, 0.1) is 17.7 Å². The minimum atomic E-state index is -0.469. The molecule has 1 aliphatic rings. The molecule has 0 saturated heterocycles. The molecule has 4 aromatic rings. The smallest absolute Gasteiger partial charge is 0.295 e. The summed E-state index contributed by atoms with van der Waals surface area (Å²) in [6.07, 6.45) is 5.24. The van der Waals surface area contributed by atoms with Crippen LogP contribution in [-0.2, 0) is 0 Å². The van der Waals surface area contributed by atoms with E-state index in [1.165, 1.54) is 12.4 Å². The first-order valence-corrected chi connectivity index (χ1v) is 8.13. The molecule has 128 valence electrons. The number of nitrogens with one attached hydrogen (secondary N) is 2. The number of anilines is 2. The van der Waals surface area contributed by atoms with Gasteiger partial charge in [-0.05, 0) is 18.9 Å². The fourth-order valence-corrected chi connectivity index (χ4v) is 2.73. The summed E-state index contributed by atoms with van der Waals surface area (Å²) in [5.74, 6) is 5.61. The Bertz CT molecular complexity index is 1210. The molecule has 0 aliphatic heterocycles. The monoisotopic (exact) mass is 348 g/mol. The molecule has 0 atom stereocenters. The van der Waals surface area contributed by atoms with Crippen LogP contribution in [0.3, 0.4) is 0 Å². The first-order valence-electron chi connectivity index (χ1n) is 8.13. The lowest BCUT2D eigenvalue weighted by atomic mass is 10.1. The van der Waals surface area contributed by atoms with Crippen LogP contribution in [0.2, 0.25) is 0 Å². The summed E-state index contributed by atoms with van der Waals surface area (Å²) in [6.45, 7) is 0. The van der Waals surface area contributed by atoms with Gasteiger partial charge in [0, 0.05) is 18.3 Å². The van der Waals surface area contributed by atoms with Gasteiger partial charge in [0.05, 0.1) is 16.5 Å². The molecule has 0 amide bonds. The van der Waals surface area contributed by atoms with Gasteiger partial charge in [-0.15, -0.1) is 0 Å². The van der Waals surface area contributed by atoms with E-state index < -0.39 is 5.82 Å². The lowest BCUT2D eigenvalue weighted by Gasteiger charge is -1.95. The zero-order valence-electron chi connectivity index (χ0n) is 13.5. The second kappa shape index (κ2) is 5.46. The SMILES string of the molecule is Nc1ncnc2[nH]cc(C#Cc3cc4nc(NC5CC5)oc4cc3F)c12. The molecule has 1 saturated carbocycles. The Morgan fingerprint density at radius 3 is 2.92 bits per heavy atom. The Labute approximate surface area is 146 Å². The summed E-state index contributed by atoms with van der Waals surface area (Å²) in [6, 6.07) is 3.70. The molecule has 0 unspecified atom stereocenters.